The molecule has 1 aromatic carbocycles. The number of nitrogens with two attached hydrogens (primary N) is 2. The summed E-state index contributed by atoms with van der Waals surface area (Å²) in [6.45, 7) is 2.50. The number of hydrogen-bond donors (Lipinski definition) is 3. The second-order valence-electron chi connectivity index (χ2n) is 10.0. The average molecular weight is 519 g/mol. The van der Waals surface area contributed by atoms with Gasteiger partial charge >= 0.3 is 6.18 Å². The summed E-state index contributed by atoms with van der Waals surface area (Å²) in [7, 11) is 0. The van der Waals surface area contributed by atoms with E-state index in [9.17, 15) is 26.7 Å². The number of hydrogen-bond acceptors (Lipinski definition) is 5. The summed E-state index contributed by atoms with van der Waals surface area (Å²) in [5.41, 5.74) is 13.5. The number of alkyl halides is 5. The molecular formula is C24H31F5N4O3. The second-order valence-corrected chi connectivity index (χ2v) is 10.0. The Bertz CT molecular complexity index is 1080. The minimum Gasteiger partial charge on any atom is -0.378 e. The Morgan fingerprint density at radius 1 is 1.25 bits per heavy atom. The number of H-pyrrole nitrogens is 1. The van der Waals surface area contributed by atoms with Crippen LogP contribution in [0.3, 0.4) is 0 Å². The monoisotopic (exact) mass is 518 g/mol. The first-order valence-electron chi connectivity index (χ1n) is 12.0. The zero-order chi connectivity index (χ0) is 26.4. The van der Waals surface area contributed by atoms with Crippen molar-refractivity contribution in [3.63, 3.8) is 0 Å². The van der Waals surface area contributed by atoms with Gasteiger partial charge in [-0.1, -0.05) is 6.07 Å². The third kappa shape index (κ3) is 5.97. The fourth-order valence-electron chi connectivity index (χ4n) is 4.74. The van der Waals surface area contributed by atoms with Crippen molar-refractivity contribution in [3.8, 4) is 0 Å². The van der Waals surface area contributed by atoms with Crippen LogP contribution in [0.25, 0.3) is 11.0 Å². The molecule has 12 heteroatoms. The molecule has 2 aliphatic rings. The van der Waals surface area contributed by atoms with Crippen molar-refractivity contribution < 1.29 is 36.2 Å². The van der Waals surface area contributed by atoms with Gasteiger partial charge in [0.2, 0.25) is 11.8 Å². The van der Waals surface area contributed by atoms with E-state index in [4.69, 9.17) is 20.9 Å². The molecule has 5 N–H and O–H groups in total. The number of nitrogens with zero attached hydrogens (tertiary/aromatic N) is 1. The summed E-state index contributed by atoms with van der Waals surface area (Å²) in [4.78, 5) is 19.8. The third-order valence-electron chi connectivity index (χ3n) is 7.08. The van der Waals surface area contributed by atoms with Gasteiger partial charge in [-0.05, 0) is 50.3 Å². The molecule has 7 nitrogen and oxygen atoms in total. The number of rotatable bonds is 11. The Kier molecular flexibility index (Phi) is 7.33. The topological polar surface area (TPSA) is 116 Å². The molecule has 2 saturated carbocycles. The van der Waals surface area contributed by atoms with Gasteiger partial charge in [0.1, 0.15) is 5.82 Å². The Labute approximate surface area is 205 Å². The molecule has 1 unspecified atom stereocenters. The zero-order valence-electron chi connectivity index (χ0n) is 20.0. The number of carbonyl (C=O) groups is 1. The first kappa shape index (κ1) is 26.7. The minimum absolute atomic E-state index is 0.0879. The average Bonchev–Trinajstić information content (AvgIpc) is 3.49. The number of imidazole rings is 1. The number of amides is 1. The molecule has 200 valence electrons. The lowest BCUT2D eigenvalue weighted by molar-refractivity contribution is -0.227. The quantitative estimate of drug-likeness (QED) is 0.383. The first-order chi connectivity index (χ1) is 16.7. The Morgan fingerprint density at radius 3 is 2.47 bits per heavy atom. The lowest BCUT2D eigenvalue weighted by atomic mass is 9.67. The van der Waals surface area contributed by atoms with E-state index < -0.39 is 66.9 Å². The molecule has 1 amide bonds. The highest BCUT2D eigenvalue weighted by molar-refractivity contribution is 5.80. The molecule has 1 heterocycles. The lowest BCUT2D eigenvalue weighted by Crippen LogP contribution is -2.47. The van der Waals surface area contributed by atoms with E-state index in [1.165, 1.54) is 6.92 Å². The normalized spacial score (nSPS) is 22.6. The number of ether oxygens (including phenoxy) is 2. The van der Waals surface area contributed by atoms with Crippen LogP contribution in [0.15, 0.2) is 18.2 Å². The van der Waals surface area contributed by atoms with Gasteiger partial charge in [-0.15, -0.1) is 0 Å². The Morgan fingerprint density at radius 2 is 1.92 bits per heavy atom. The van der Waals surface area contributed by atoms with Gasteiger partial charge in [-0.25, -0.2) is 13.8 Å². The fourth-order valence-corrected chi connectivity index (χ4v) is 4.74. The van der Waals surface area contributed by atoms with Gasteiger partial charge in [0.15, 0.2) is 6.10 Å². The molecular weight excluding hydrogens is 487 g/mol. The van der Waals surface area contributed by atoms with E-state index in [1.807, 2.05) is 0 Å². The molecule has 2 aromatic rings. The number of aromatic nitrogens is 2. The molecule has 0 spiro atoms. The predicted octanol–water partition coefficient (Wildman–Crippen LogP) is 4.33. The summed E-state index contributed by atoms with van der Waals surface area (Å²) in [5, 5.41) is 0. The highest BCUT2D eigenvalue weighted by Crippen LogP contribution is 2.50. The van der Waals surface area contributed by atoms with Crippen molar-refractivity contribution in [2.75, 3.05) is 6.61 Å². The van der Waals surface area contributed by atoms with Crippen LogP contribution in [0.1, 0.15) is 62.9 Å². The van der Waals surface area contributed by atoms with Crippen LogP contribution in [0, 0.1) is 11.8 Å². The number of primary amides is 1. The molecule has 1 aromatic heterocycles. The highest BCUT2D eigenvalue weighted by Gasteiger charge is 2.52. The van der Waals surface area contributed by atoms with Crippen LogP contribution in [-0.2, 0) is 14.3 Å². The number of nitrogens with one attached hydrogen (secondary N) is 1. The first-order valence-corrected chi connectivity index (χ1v) is 12.0. The molecule has 0 aliphatic heterocycles. The third-order valence-corrected chi connectivity index (χ3v) is 7.08. The molecule has 0 saturated heterocycles. The van der Waals surface area contributed by atoms with Crippen LogP contribution in [0.4, 0.5) is 22.0 Å². The Balaban J connectivity index is 1.57. The van der Waals surface area contributed by atoms with Gasteiger partial charge in [-0.2, -0.15) is 13.2 Å². The largest absolute Gasteiger partial charge is 0.414 e. The molecule has 0 bridgehead atoms. The summed E-state index contributed by atoms with van der Waals surface area (Å²) in [5.74, 6) is -5.15. The number of aromatic amines is 1. The van der Waals surface area contributed by atoms with Crippen LogP contribution < -0.4 is 11.5 Å². The molecule has 0 radical (unpaired) electrons. The van der Waals surface area contributed by atoms with Gasteiger partial charge in [0.25, 0.3) is 0 Å². The maximum absolute atomic E-state index is 13.6. The Hall–Kier alpha value is -2.31. The van der Waals surface area contributed by atoms with Crippen LogP contribution in [0.2, 0.25) is 0 Å². The van der Waals surface area contributed by atoms with E-state index in [-0.39, 0.29) is 18.5 Å². The number of halogens is 5. The van der Waals surface area contributed by atoms with Gasteiger partial charge in [0.05, 0.1) is 41.8 Å². The van der Waals surface area contributed by atoms with Crippen molar-refractivity contribution in [1.82, 2.24) is 9.97 Å². The number of carbonyl (C=O) groups excluding carboxylic acids is 1. The smallest absolute Gasteiger partial charge is 0.378 e. The molecule has 2 aliphatic carbocycles. The van der Waals surface area contributed by atoms with Crippen molar-refractivity contribution in [1.29, 1.82) is 0 Å². The fraction of sp³-hybridized carbons (Fsp3) is 0.667. The molecule has 2 fully saturated rings. The number of fused-ring (bicyclic) bond motifs is 1. The van der Waals surface area contributed by atoms with Crippen molar-refractivity contribution >= 4 is 16.9 Å². The lowest BCUT2D eigenvalue weighted by Gasteiger charge is -2.41. The minimum atomic E-state index is -4.52. The predicted molar refractivity (Wildman–Crippen MR) is 121 cm³/mol. The van der Waals surface area contributed by atoms with E-state index in [0.29, 0.717) is 16.6 Å². The summed E-state index contributed by atoms with van der Waals surface area (Å²) in [6.07, 6.45) is -6.40. The molecule has 36 heavy (non-hydrogen) atoms. The SMILES string of the molecule is C[C@@H](O[C@H](C)C(F)(F)F)[C@H](N)c1nc2ccc([C@@H](COC3CC3)C(C(N)=O)C3CC(F)(F)C3)cc2[nH]1. The van der Waals surface area contributed by atoms with Crippen LogP contribution in [-0.4, -0.2) is 52.9 Å². The van der Waals surface area contributed by atoms with E-state index in [1.54, 1.807) is 18.2 Å². The van der Waals surface area contributed by atoms with Crippen LogP contribution >= 0.6 is 0 Å². The van der Waals surface area contributed by atoms with Crippen molar-refractivity contribution in [2.24, 2.45) is 23.3 Å². The number of benzene rings is 1. The van der Waals surface area contributed by atoms with Gasteiger partial charge < -0.3 is 25.9 Å². The van der Waals surface area contributed by atoms with E-state index in [2.05, 4.69) is 9.97 Å². The van der Waals surface area contributed by atoms with Crippen molar-refractivity contribution in [3.05, 3.63) is 29.6 Å². The standard InChI is InChI=1S/C24H31F5N4O3/c1-11(36-12(2)24(27,28)29)20(30)22-32-17-6-3-13(7-18(17)33-22)16(10-35-15-4-5-15)19(21(31)34)14-8-23(25,26)9-14/h3,6-7,11-12,14-16,19-20H,4-5,8-10,30H2,1-2H3,(H2,31,34)(H,32,33)/t11-,12-,16-,19?,20+/m1/s1. The maximum atomic E-state index is 13.6. The highest BCUT2D eigenvalue weighted by atomic mass is 19.4. The summed E-state index contributed by atoms with van der Waals surface area (Å²) < 4.78 is 76.7. The van der Waals surface area contributed by atoms with E-state index in [0.717, 1.165) is 19.8 Å². The van der Waals surface area contributed by atoms with Crippen molar-refractivity contribution in [2.45, 2.75) is 81.9 Å². The maximum Gasteiger partial charge on any atom is 0.414 e. The van der Waals surface area contributed by atoms with E-state index >= 15 is 0 Å². The van der Waals surface area contributed by atoms with Crippen LogP contribution in [0.5, 0.6) is 0 Å². The summed E-state index contributed by atoms with van der Waals surface area (Å²) in [6, 6.07) is 4.18. The zero-order valence-corrected chi connectivity index (χ0v) is 20.0. The second kappa shape index (κ2) is 9.86. The summed E-state index contributed by atoms with van der Waals surface area (Å²) >= 11 is 0. The molecule has 5 atom stereocenters. The van der Waals surface area contributed by atoms with Gasteiger partial charge in [-0.3, -0.25) is 4.79 Å². The van der Waals surface area contributed by atoms with Gasteiger partial charge in [0, 0.05) is 18.8 Å². The molecule has 4 rings (SSSR count).